The highest BCUT2D eigenvalue weighted by Crippen LogP contribution is 2.20. The molecule has 1 amide bonds. The average molecular weight is 347 g/mol. The number of amides is 1. The number of hydrogen-bond donors (Lipinski definition) is 1. The Bertz CT molecular complexity index is 644. The molecule has 1 aromatic carbocycles. The number of benzene rings is 1. The minimum atomic E-state index is -3.19. The van der Waals surface area contributed by atoms with Crippen molar-refractivity contribution in [2.24, 2.45) is 0 Å². The molecule has 0 aliphatic rings. The third-order valence-electron chi connectivity index (χ3n) is 3.52. The van der Waals surface area contributed by atoms with E-state index in [2.05, 4.69) is 5.32 Å². The van der Waals surface area contributed by atoms with E-state index in [-0.39, 0.29) is 5.91 Å². The molecule has 5 nitrogen and oxygen atoms in total. The molecule has 0 saturated heterocycles. The van der Waals surface area contributed by atoms with Gasteiger partial charge in [-0.3, -0.25) is 4.79 Å². The van der Waals surface area contributed by atoms with E-state index in [0.29, 0.717) is 36.6 Å². The van der Waals surface area contributed by atoms with E-state index < -0.39 is 10.0 Å². The Morgan fingerprint density at radius 3 is 2.41 bits per heavy atom. The maximum absolute atomic E-state index is 12.1. The normalized spacial score (nSPS) is 11.7. The van der Waals surface area contributed by atoms with Crippen molar-refractivity contribution >= 4 is 27.5 Å². The van der Waals surface area contributed by atoms with Crippen molar-refractivity contribution < 1.29 is 13.2 Å². The van der Waals surface area contributed by atoms with Gasteiger partial charge in [0.1, 0.15) is 0 Å². The zero-order valence-electron chi connectivity index (χ0n) is 13.4. The van der Waals surface area contributed by atoms with E-state index in [1.54, 1.807) is 19.1 Å². The third-order valence-corrected chi connectivity index (χ3v) is 5.21. The van der Waals surface area contributed by atoms with Gasteiger partial charge in [0, 0.05) is 19.6 Å². The quantitative estimate of drug-likeness (QED) is 0.771. The van der Waals surface area contributed by atoms with Crippen molar-refractivity contribution in [1.82, 2.24) is 9.62 Å². The molecule has 0 heterocycles. The number of aryl methyl sites for hydroxylation is 2. The Balaban J connectivity index is 2.56. The van der Waals surface area contributed by atoms with Crippen LogP contribution in [0, 0.1) is 13.8 Å². The van der Waals surface area contributed by atoms with Crippen molar-refractivity contribution in [3.05, 3.63) is 33.8 Å². The highest BCUT2D eigenvalue weighted by atomic mass is 35.5. The van der Waals surface area contributed by atoms with E-state index in [1.165, 1.54) is 10.6 Å². The van der Waals surface area contributed by atoms with E-state index in [0.717, 1.165) is 11.1 Å². The number of nitrogens with one attached hydrogen (secondary N) is 1. The summed E-state index contributed by atoms with van der Waals surface area (Å²) in [6.45, 7) is 6.86. The number of carbonyl (C=O) groups is 1. The number of halogens is 1. The monoisotopic (exact) mass is 346 g/mol. The molecular formula is C15H23ClN2O3S. The summed E-state index contributed by atoms with van der Waals surface area (Å²) in [6, 6.07) is 3.54. The molecule has 0 aromatic heterocycles. The Morgan fingerprint density at radius 1 is 1.27 bits per heavy atom. The number of hydrogen-bond acceptors (Lipinski definition) is 3. The van der Waals surface area contributed by atoms with Gasteiger partial charge in [-0.2, -0.15) is 0 Å². The summed E-state index contributed by atoms with van der Waals surface area (Å²) in [6.07, 6.45) is 1.74. The highest BCUT2D eigenvalue weighted by molar-refractivity contribution is 7.88. The van der Waals surface area contributed by atoms with Gasteiger partial charge in [-0.25, -0.2) is 12.7 Å². The van der Waals surface area contributed by atoms with Crippen LogP contribution in [0.25, 0.3) is 0 Å². The molecule has 1 rings (SSSR count). The summed E-state index contributed by atoms with van der Waals surface area (Å²) in [7, 11) is -3.19. The van der Waals surface area contributed by atoms with Crippen molar-refractivity contribution in [3.8, 4) is 0 Å². The zero-order chi connectivity index (χ0) is 16.9. The van der Waals surface area contributed by atoms with Gasteiger partial charge in [0.25, 0.3) is 5.91 Å². The smallest absolute Gasteiger partial charge is 0.252 e. The van der Waals surface area contributed by atoms with Gasteiger partial charge < -0.3 is 5.32 Å². The summed E-state index contributed by atoms with van der Waals surface area (Å²) in [5.41, 5.74) is 2.48. The summed E-state index contributed by atoms with van der Waals surface area (Å²) < 4.78 is 24.3. The lowest BCUT2D eigenvalue weighted by atomic mass is 10.1. The first kappa shape index (κ1) is 18.9. The molecule has 124 valence electrons. The molecule has 22 heavy (non-hydrogen) atoms. The van der Waals surface area contributed by atoms with Crippen LogP contribution < -0.4 is 5.32 Å². The molecule has 0 fully saturated rings. The molecule has 0 radical (unpaired) electrons. The molecular weight excluding hydrogens is 324 g/mol. The molecule has 0 aliphatic carbocycles. The Morgan fingerprint density at radius 2 is 1.86 bits per heavy atom. The minimum absolute atomic E-state index is 0.240. The predicted molar refractivity (Wildman–Crippen MR) is 90.0 cm³/mol. The highest BCUT2D eigenvalue weighted by Gasteiger charge is 2.14. The van der Waals surface area contributed by atoms with Gasteiger partial charge in [-0.05, 0) is 43.5 Å². The van der Waals surface area contributed by atoms with Gasteiger partial charge in [0.15, 0.2) is 0 Å². The maximum Gasteiger partial charge on any atom is 0.252 e. The van der Waals surface area contributed by atoms with Crippen LogP contribution in [-0.2, 0) is 10.0 Å². The molecule has 0 spiro atoms. The third kappa shape index (κ3) is 5.26. The zero-order valence-corrected chi connectivity index (χ0v) is 15.0. The first-order valence-electron chi connectivity index (χ1n) is 7.17. The molecule has 0 aliphatic heterocycles. The largest absolute Gasteiger partial charge is 0.352 e. The number of rotatable bonds is 7. The summed E-state index contributed by atoms with van der Waals surface area (Å²) in [4.78, 5) is 12.1. The number of sulfonamides is 1. The topological polar surface area (TPSA) is 66.5 Å². The number of nitrogens with zero attached hydrogens (tertiary/aromatic N) is 1. The molecule has 0 bridgehead atoms. The van der Waals surface area contributed by atoms with Crippen molar-refractivity contribution in [2.75, 3.05) is 25.9 Å². The predicted octanol–water partition coefficient (Wildman–Crippen LogP) is 2.36. The van der Waals surface area contributed by atoms with E-state index in [1.807, 2.05) is 13.8 Å². The van der Waals surface area contributed by atoms with Crippen LogP contribution in [0.3, 0.4) is 0 Å². The molecule has 0 saturated carbocycles. The Labute approximate surface area is 137 Å². The lowest BCUT2D eigenvalue weighted by Gasteiger charge is -2.17. The maximum atomic E-state index is 12.1. The van der Waals surface area contributed by atoms with Crippen LogP contribution in [0.2, 0.25) is 5.02 Å². The molecule has 0 atom stereocenters. The molecule has 7 heteroatoms. The standard InChI is InChI=1S/C15H23ClN2O3S/c1-5-18(22(4,20)21)8-6-7-17-15(19)13-9-11(2)12(3)10-14(13)16/h9-10H,5-8H2,1-4H3,(H,17,19). The first-order valence-corrected chi connectivity index (χ1v) is 9.39. The second-order valence-corrected chi connectivity index (χ2v) is 7.67. The minimum Gasteiger partial charge on any atom is -0.352 e. The fraction of sp³-hybridized carbons (Fsp3) is 0.533. The number of carbonyl (C=O) groups excluding carboxylic acids is 1. The van der Waals surface area contributed by atoms with Crippen LogP contribution in [0.5, 0.6) is 0 Å². The summed E-state index contributed by atoms with van der Waals surface area (Å²) in [5, 5.41) is 3.20. The fourth-order valence-corrected chi connectivity index (χ4v) is 3.30. The fourth-order valence-electron chi connectivity index (χ4n) is 2.07. The SMILES string of the molecule is CCN(CCCNC(=O)c1cc(C)c(C)cc1Cl)S(C)(=O)=O. The van der Waals surface area contributed by atoms with E-state index >= 15 is 0 Å². The Hall–Kier alpha value is -1.11. The van der Waals surface area contributed by atoms with Gasteiger partial charge in [-0.15, -0.1) is 0 Å². The average Bonchev–Trinajstić information content (AvgIpc) is 2.41. The van der Waals surface area contributed by atoms with Crippen LogP contribution in [0.15, 0.2) is 12.1 Å². The van der Waals surface area contributed by atoms with Crippen LogP contribution in [0.1, 0.15) is 34.8 Å². The molecule has 0 unspecified atom stereocenters. The van der Waals surface area contributed by atoms with Crippen molar-refractivity contribution in [1.29, 1.82) is 0 Å². The molecule has 1 aromatic rings. The van der Waals surface area contributed by atoms with Gasteiger partial charge >= 0.3 is 0 Å². The summed E-state index contributed by atoms with van der Waals surface area (Å²) in [5.74, 6) is -0.240. The van der Waals surface area contributed by atoms with Crippen LogP contribution >= 0.6 is 11.6 Å². The van der Waals surface area contributed by atoms with E-state index in [4.69, 9.17) is 11.6 Å². The van der Waals surface area contributed by atoms with Crippen molar-refractivity contribution in [3.63, 3.8) is 0 Å². The van der Waals surface area contributed by atoms with E-state index in [9.17, 15) is 13.2 Å². The second kappa shape index (κ2) is 7.94. The summed E-state index contributed by atoms with van der Waals surface area (Å²) >= 11 is 6.09. The van der Waals surface area contributed by atoms with Crippen LogP contribution in [0.4, 0.5) is 0 Å². The van der Waals surface area contributed by atoms with Gasteiger partial charge in [0.05, 0.1) is 16.8 Å². The molecule has 1 N–H and O–H groups in total. The lowest BCUT2D eigenvalue weighted by molar-refractivity contribution is 0.0953. The van der Waals surface area contributed by atoms with Gasteiger partial charge in [-0.1, -0.05) is 18.5 Å². The van der Waals surface area contributed by atoms with Crippen LogP contribution in [-0.4, -0.2) is 44.5 Å². The first-order chi connectivity index (χ1) is 10.2. The van der Waals surface area contributed by atoms with Crippen molar-refractivity contribution in [2.45, 2.75) is 27.2 Å². The second-order valence-electron chi connectivity index (χ2n) is 5.28. The van der Waals surface area contributed by atoms with Gasteiger partial charge in [0.2, 0.25) is 10.0 Å². The lowest BCUT2D eigenvalue weighted by Crippen LogP contribution is -2.33. The Kier molecular flexibility index (Phi) is 6.84.